The summed E-state index contributed by atoms with van der Waals surface area (Å²) in [6, 6.07) is 0. The topological polar surface area (TPSA) is 83.5 Å². The van der Waals surface area contributed by atoms with Crippen LogP contribution < -0.4 is 58.2 Å². The van der Waals surface area contributed by atoms with Crippen LogP contribution in [0.25, 0.3) is 0 Å². The third kappa shape index (κ3) is 13.2. The fourth-order valence-corrected chi connectivity index (χ4v) is 0.995. The number of hydrogen-bond donors (Lipinski definition) is 0. The normalized spacial score (nSPS) is 10.3. The average Bonchev–Trinajstić information content (AvgIpc) is 1.96. The fraction of sp³-hybridized carbons (Fsp3) is 0.833. The molecule has 0 spiro atoms. The van der Waals surface area contributed by atoms with E-state index in [-0.39, 0.29) is 77.6 Å². The Morgan fingerprint density at radius 3 is 2.38 bits per heavy atom. The third-order valence-corrected chi connectivity index (χ3v) is 1.88. The van der Waals surface area contributed by atoms with Crippen LogP contribution in [-0.2, 0) is 19.6 Å². The molecular weight excluding hydrogens is 270 g/mol. The van der Waals surface area contributed by atoms with Gasteiger partial charge in [-0.15, -0.1) is 0 Å². The molecule has 0 N–H and O–H groups in total. The summed E-state index contributed by atoms with van der Waals surface area (Å²) < 4.78 is 34.7. The molecule has 5 nitrogen and oxygen atoms in total. The summed E-state index contributed by atoms with van der Waals surface area (Å²) in [6.45, 7) is 1.63. The van der Waals surface area contributed by atoms with Crippen molar-refractivity contribution in [2.24, 2.45) is 0 Å². The molecule has 0 atom stereocenters. The number of carbonyl (C=O) groups is 1. The Kier molecular flexibility index (Phi) is 10.8. The van der Waals surface area contributed by atoms with Crippen LogP contribution in [0, 0.1) is 0 Å². The van der Waals surface area contributed by atoms with Gasteiger partial charge in [-0.3, -0.25) is 4.79 Å². The maximum absolute atomic E-state index is 10.5. The molecule has 0 heterocycles. The van der Waals surface area contributed by atoms with Gasteiger partial charge < -0.3 is 9.29 Å². The zero-order chi connectivity index (χ0) is 9.61. The minimum atomic E-state index is -4.17. The molecular formula is C6H11O5RbS. The fourth-order valence-electron chi connectivity index (χ4n) is 0.524. The molecule has 0 unspecified atom stereocenters. The molecule has 0 aliphatic carbocycles. The van der Waals surface area contributed by atoms with Crippen LogP contribution >= 0.6 is 0 Å². The summed E-state index contributed by atoms with van der Waals surface area (Å²) in [5.74, 6) is -0.873. The van der Waals surface area contributed by atoms with Crippen LogP contribution in [0.2, 0.25) is 0 Å². The van der Waals surface area contributed by atoms with Gasteiger partial charge in [0.1, 0.15) is 0 Å². The monoisotopic (exact) mass is 280 g/mol. The summed E-state index contributed by atoms with van der Waals surface area (Å²) in [4.78, 5) is 10.5. The molecule has 0 aliphatic rings. The van der Waals surface area contributed by atoms with Crippen molar-refractivity contribution in [3.05, 3.63) is 0 Å². The van der Waals surface area contributed by atoms with E-state index in [2.05, 4.69) is 4.74 Å². The second-order valence-electron chi connectivity index (χ2n) is 2.19. The SMILES string of the molecule is CCC(=O)OCCCS(=O)(=O)[O-].[Rb+]. The molecule has 0 fully saturated rings. The molecule has 0 bridgehead atoms. The van der Waals surface area contributed by atoms with Crippen LogP contribution in [-0.4, -0.2) is 31.3 Å². The van der Waals surface area contributed by atoms with E-state index in [4.69, 9.17) is 0 Å². The van der Waals surface area contributed by atoms with Crippen LogP contribution in [0.1, 0.15) is 19.8 Å². The van der Waals surface area contributed by atoms with Crippen molar-refractivity contribution in [1.82, 2.24) is 0 Å². The van der Waals surface area contributed by atoms with Gasteiger partial charge in [-0.05, 0) is 6.42 Å². The predicted octanol–water partition coefficient (Wildman–Crippen LogP) is -3.12. The molecule has 0 aliphatic heterocycles. The quantitative estimate of drug-likeness (QED) is 0.302. The Hall–Kier alpha value is 1.19. The summed E-state index contributed by atoms with van der Waals surface area (Å²) in [7, 11) is -4.17. The largest absolute Gasteiger partial charge is 1.00 e. The molecule has 0 saturated carbocycles. The number of hydrogen-bond acceptors (Lipinski definition) is 5. The number of esters is 1. The molecule has 7 heteroatoms. The Morgan fingerprint density at radius 1 is 1.46 bits per heavy atom. The summed E-state index contributed by atoms with van der Waals surface area (Å²) in [5, 5.41) is 0. The number of rotatable bonds is 5. The second-order valence-corrected chi connectivity index (χ2v) is 3.71. The molecule has 0 saturated heterocycles. The standard InChI is InChI=1S/C6H12O5S.Rb/c1-2-6(7)11-4-3-5-12(8,9)10;/h2-5H2,1H3,(H,8,9,10);/q;+1/p-1. The molecule has 0 aromatic rings. The van der Waals surface area contributed by atoms with Gasteiger partial charge in [0.05, 0.1) is 16.7 Å². The van der Waals surface area contributed by atoms with E-state index in [0.717, 1.165) is 0 Å². The third-order valence-electron chi connectivity index (χ3n) is 1.09. The van der Waals surface area contributed by atoms with E-state index in [1.807, 2.05) is 0 Å². The first-order chi connectivity index (χ1) is 5.45. The van der Waals surface area contributed by atoms with Gasteiger partial charge in [0.2, 0.25) is 0 Å². The van der Waals surface area contributed by atoms with E-state index in [9.17, 15) is 17.8 Å². The van der Waals surface area contributed by atoms with Gasteiger partial charge >= 0.3 is 64.2 Å². The predicted molar refractivity (Wildman–Crippen MR) is 40.4 cm³/mol. The number of ether oxygens (including phenoxy) is 1. The Morgan fingerprint density at radius 2 is 2.00 bits per heavy atom. The minimum absolute atomic E-state index is 0. The smallest absolute Gasteiger partial charge is 0.748 e. The maximum Gasteiger partial charge on any atom is 1.00 e. The van der Waals surface area contributed by atoms with Crippen molar-refractivity contribution in [1.29, 1.82) is 0 Å². The van der Waals surface area contributed by atoms with E-state index < -0.39 is 21.8 Å². The Balaban J connectivity index is 0. The van der Waals surface area contributed by atoms with E-state index in [1.54, 1.807) is 6.92 Å². The molecule has 0 aromatic heterocycles. The van der Waals surface area contributed by atoms with Crippen LogP contribution in [0.4, 0.5) is 0 Å². The van der Waals surface area contributed by atoms with Gasteiger partial charge in [-0.1, -0.05) is 6.92 Å². The first-order valence-corrected chi connectivity index (χ1v) is 5.12. The second kappa shape index (κ2) is 8.49. The van der Waals surface area contributed by atoms with Gasteiger partial charge in [-0.2, -0.15) is 0 Å². The number of carbonyl (C=O) groups excluding carboxylic acids is 1. The maximum atomic E-state index is 10.5. The van der Waals surface area contributed by atoms with Crippen molar-refractivity contribution in [2.45, 2.75) is 19.8 Å². The average molecular weight is 281 g/mol. The molecule has 72 valence electrons. The molecule has 0 radical (unpaired) electrons. The minimum Gasteiger partial charge on any atom is -0.748 e. The zero-order valence-electron chi connectivity index (χ0n) is 7.78. The van der Waals surface area contributed by atoms with Crippen molar-refractivity contribution < 1.29 is 80.7 Å². The van der Waals surface area contributed by atoms with Gasteiger partial charge in [0.25, 0.3) is 0 Å². The van der Waals surface area contributed by atoms with Gasteiger partial charge in [0.15, 0.2) is 0 Å². The molecule has 13 heavy (non-hydrogen) atoms. The molecule has 0 rings (SSSR count). The van der Waals surface area contributed by atoms with E-state index >= 15 is 0 Å². The van der Waals surface area contributed by atoms with E-state index in [0.29, 0.717) is 0 Å². The Labute approximate surface area is 127 Å². The van der Waals surface area contributed by atoms with Crippen molar-refractivity contribution in [3.8, 4) is 0 Å². The van der Waals surface area contributed by atoms with Crippen molar-refractivity contribution >= 4 is 16.1 Å². The summed E-state index contributed by atoms with van der Waals surface area (Å²) in [6.07, 6.45) is 0.321. The van der Waals surface area contributed by atoms with E-state index in [1.165, 1.54) is 0 Å². The Bertz CT molecular complexity index is 235. The molecule has 0 amide bonds. The van der Waals surface area contributed by atoms with Crippen molar-refractivity contribution in [2.75, 3.05) is 12.4 Å². The van der Waals surface area contributed by atoms with Gasteiger partial charge in [0, 0.05) is 12.2 Å². The van der Waals surface area contributed by atoms with Gasteiger partial charge in [-0.25, -0.2) is 8.42 Å². The first kappa shape index (κ1) is 16.6. The van der Waals surface area contributed by atoms with Crippen LogP contribution in [0.3, 0.4) is 0 Å². The van der Waals surface area contributed by atoms with Crippen LogP contribution in [0.15, 0.2) is 0 Å². The molecule has 0 aromatic carbocycles. The first-order valence-electron chi connectivity index (χ1n) is 3.55. The van der Waals surface area contributed by atoms with Crippen molar-refractivity contribution in [3.63, 3.8) is 0 Å². The van der Waals surface area contributed by atoms with Crippen LogP contribution in [0.5, 0.6) is 0 Å². The summed E-state index contributed by atoms with van der Waals surface area (Å²) >= 11 is 0. The zero-order valence-corrected chi connectivity index (χ0v) is 13.5. The summed E-state index contributed by atoms with van der Waals surface area (Å²) in [5.41, 5.74) is 0.